The van der Waals surface area contributed by atoms with E-state index in [1.165, 1.54) is 13.2 Å². The highest BCUT2D eigenvalue weighted by Gasteiger charge is 2.44. The summed E-state index contributed by atoms with van der Waals surface area (Å²) >= 11 is 0. The molecule has 31 heavy (non-hydrogen) atoms. The highest BCUT2D eigenvalue weighted by atomic mass is 19.1. The maximum atomic E-state index is 14.3. The number of ether oxygens (including phenoxy) is 2. The van der Waals surface area contributed by atoms with Gasteiger partial charge in [-0.2, -0.15) is 0 Å². The van der Waals surface area contributed by atoms with E-state index in [9.17, 15) is 14.0 Å². The van der Waals surface area contributed by atoms with Crippen molar-refractivity contribution >= 4 is 17.4 Å². The predicted octanol–water partition coefficient (Wildman–Crippen LogP) is 3.22. The molecule has 2 aromatic rings. The number of hydrogen-bond donors (Lipinski definition) is 0. The molecule has 2 heterocycles. The molecule has 2 atom stereocenters. The van der Waals surface area contributed by atoms with Crippen molar-refractivity contribution in [3.05, 3.63) is 71.2 Å². The van der Waals surface area contributed by atoms with Gasteiger partial charge in [-0.15, -0.1) is 0 Å². The zero-order valence-electron chi connectivity index (χ0n) is 17.8. The number of nitrogens with zero attached hydrogens (tertiary/aromatic N) is 2. The second-order valence-electron chi connectivity index (χ2n) is 7.87. The van der Waals surface area contributed by atoms with Crippen LogP contribution < -0.4 is 4.74 Å². The maximum Gasteiger partial charge on any atom is 0.278 e. The highest BCUT2D eigenvalue weighted by molar-refractivity contribution is 6.35. The summed E-state index contributed by atoms with van der Waals surface area (Å²) in [5.74, 6) is -0.850. The molecule has 2 aromatic carbocycles. The van der Waals surface area contributed by atoms with Gasteiger partial charge >= 0.3 is 0 Å². The lowest BCUT2D eigenvalue weighted by Crippen LogP contribution is -2.46. The van der Waals surface area contributed by atoms with Gasteiger partial charge in [0.05, 0.1) is 31.4 Å². The van der Waals surface area contributed by atoms with Crippen molar-refractivity contribution in [2.75, 3.05) is 20.2 Å². The quantitative estimate of drug-likeness (QED) is 0.690. The van der Waals surface area contributed by atoms with Crippen LogP contribution in [0.25, 0.3) is 5.57 Å². The topological polar surface area (TPSA) is 59.1 Å². The number of halogens is 1. The van der Waals surface area contributed by atoms with Crippen LogP contribution in [0, 0.1) is 5.82 Å². The average molecular weight is 424 g/mol. The van der Waals surface area contributed by atoms with E-state index in [0.717, 1.165) is 4.90 Å². The van der Waals surface area contributed by atoms with E-state index in [4.69, 9.17) is 9.47 Å². The molecule has 1 fully saturated rings. The molecule has 4 rings (SSSR count). The van der Waals surface area contributed by atoms with Crippen LogP contribution in [0.3, 0.4) is 0 Å². The summed E-state index contributed by atoms with van der Waals surface area (Å²) in [7, 11) is 1.52. The Bertz CT molecular complexity index is 1040. The molecule has 162 valence electrons. The smallest absolute Gasteiger partial charge is 0.278 e. The molecular formula is C24H25FN2O4. The van der Waals surface area contributed by atoms with Gasteiger partial charge in [-0.3, -0.25) is 14.5 Å². The number of carbonyl (C=O) groups is 2. The lowest BCUT2D eigenvalue weighted by atomic mass is 10.0. The molecule has 0 aliphatic carbocycles. The summed E-state index contributed by atoms with van der Waals surface area (Å²) < 4.78 is 25.6. The number of benzene rings is 2. The third kappa shape index (κ3) is 3.93. The van der Waals surface area contributed by atoms with Gasteiger partial charge in [-0.05, 0) is 26.0 Å². The monoisotopic (exact) mass is 424 g/mol. The molecule has 2 aliphatic rings. The standard InChI is InChI=1S/C24H25FN2O4/c1-15-12-26(13-16(2)31-15)22-21(18-9-5-7-11-20(18)30-3)23(28)27(24(22)29)14-17-8-4-6-10-19(17)25/h4-11,15-16H,12-14H2,1-3H3. The second-order valence-corrected chi connectivity index (χ2v) is 7.87. The number of rotatable bonds is 5. The van der Waals surface area contributed by atoms with Gasteiger partial charge < -0.3 is 14.4 Å². The number of methoxy groups -OCH3 is 1. The molecule has 0 bridgehead atoms. The number of para-hydroxylation sites is 1. The van der Waals surface area contributed by atoms with Gasteiger partial charge in [0.2, 0.25) is 0 Å². The SMILES string of the molecule is COc1ccccc1C1=C(N2CC(C)OC(C)C2)C(=O)N(Cc2ccccc2F)C1=O. The molecule has 7 heteroatoms. The van der Waals surface area contributed by atoms with Gasteiger partial charge in [0, 0.05) is 24.2 Å². The molecule has 2 amide bonds. The predicted molar refractivity (Wildman–Crippen MR) is 113 cm³/mol. The first-order chi connectivity index (χ1) is 14.9. The van der Waals surface area contributed by atoms with E-state index in [0.29, 0.717) is 30.1 Å². The Labute approximate surface area is 180 Å². The second kappa shape index (κ2) is 8.51. The van der Waals surface area contributed by atoms with Crippen molar-refractivity contribution in [3.8, 4) is 5.75 Å². The third-order valence-corrected chi connectivity index (χ3v) is 5.54. The van der Waals surface area contributed by atoms with Crippen LogP contribution in [0.4, 0.5) is 4.39 Å². The summed E-state index contributed by atoms with van der Waals surface area (Å²) in [5, 5.41) is 0. The normalized spacial score (nSPS) is 21.8. The van der Waals surface area contributed by atoms with Crippen LogP contribution in [0.5, 0.6) is 5.75 Å². The fourth-order valence-electron chi connectivity index (χ4n) is 4.25. The Morgan fingerprint density at radius 3 is 2.32 bits per heavy atom. The van der Waals surface area contributed by atoms with E-state index in [2.05, 4.69) is 0 Å². The van der Waals surface area contributed by atoms with Crippen molar-refractivity contribution in [1.29, 1.82) is 0 Å². The van der Waals surface area contributed by atoms with Crippen molar-refractivity contribution in [2.45, 2.75) is 32.6 Å². The van der Waals surface area contributed by atoms with Crippen molar-refractivity contribution in [1.82, 2.24) is 9.80 Å². The Hall–Kier alpha value is -3.19. The zero-order valence-corrected chi connectivity index (χ0v) is 17.8. The Balaban J connectivity index is 1.80. The third-order valence-electron chi connectivity index (χ3n) is 5.54. The van der Waals surface area contributed by atoms with Crippen LogP contribution in [0.1, 0.15) is 25.0 Å². The summed E-state index contributed by atoms with van der Waals surface area (Å²) in [6, 6.07) is 13.3. The van der Waals surface area contributed by atoms with E-state index in [1.807, 2.05) is 18.7 Å². The van der Waals surface area contributed by atoms with E-state index in [1.54, 1.807) is 42.5 Å². The number of hydrogen-bond acceptors (Lipinski definition) is 5. The molecular weight excluding hydrogens is 399 g/mol. The number of imide groups is 1. The molecule has 0 radical (unpaired) electrons. The lowest BCUT2D eigenvalue weighted by Gasteiger charge is -2.37. The molecule has 2 aliphatic heterocycles. The van der Waals surface area contributed by atoms with Gasteiger partial charge in [-0.25, -0.2) is 4.39 Å². The zero-order chi connectivity index (χ0) is 22.1. The highest BCUT2D eigenvalue weighted by Crippen LogP contribution is 2.37. The van der Waals surface area contributed by atoms with Crippen LogP contribution in [-0.2, 0) is 20.9 Å². The van der Waals surface area contributed by atoms with Gasteiger partial charge in [0.15, 0.2) is 0 Å². The minimum Gasteiger partial charge on any atom is -0.496 e. The molecule has 2 unspecified atom stereocenters. The summed E-state index contributed by atoms with van der Waals surface area (Å²) in [6.45, 7) is 4.69. The molecule has 0 saturated carbocycles. The minimum absolute atomic E-state index is 0.0984. The first-order valence-electron chi connectivity index (χ1n) is 10.3. The van der Waals surface area contributed by atoms with Gasteiger partial charge in [0.25, 0.3) is 11.8 Å². The van der Waals surface area contributed by atoms with Crippen LogP contribution >= 0.6 is 0 Å². The summed E-state index contributed by atoms with van der Waals surface area (Å²) in [6.07, 6.45) is -0.197. The lowest BCUT2D eigenvalue weighted by molar-refractivity contribution is -0.139. The van der Waals surface area contributed by atoms with Crippen LogP contribution in [0.15, 0.2) is 54.2 Å². The van der Waals surface area contributed by atoms with Gasteiger partial charge in [-0.1, -0.05) is 36.4 Å². The molecule has 0 N–H and O–H groups in total. The van der Waals surface area contributed by atoms with E-state index in [-0.39, 0.29) is 29.9 Å². The molecule has 0 aromatic heterocycles. The summed E-state index contributed by atoms with van der Waals surface area (Å²) in [4.78, 5) is 30.1. The number of morpholine rings is 1. The molecule has 0 spiro atoms. The number of carbonyl (C=O) groups excluding carboxylic acids is 2. The first-order valence-corrected chi connectivity index (χ1v) is 10.3. The summed E-state index contributed by atoms with van der Waals surface area (Å²) in [5.41, 5.74) is 1.42. The van der Waals surface area contributed by atoms with Crippen molar-refractivity contribution in [3.63, 3.8) is 0 Å². The fraction of sp³-hybridized carbons (Fsp3) is 0.333. The molecule has 6 nitrogen and oxygen atoms in total. The maximum absolute atomic E-state index is 14.3. The van der Waals surface area contributed by atoms with Crippen molar-refractivity contribution in [2.24, 2.45) is 0 Å². The largest absolute Gasteiger partial charge is 0.496 e. The number of amides is 2. The Kier molecular flexibility index (Phi) is 5.78. The van der Waals surface area contributed by atoms with E-state index < -0.39 is 17.6 Å². The average Bonchev–Trinajstić information content (AvgIpc) is 2.99. The molecule has 1 saturated heterocycles. The first kappa shape index (κ1) is 21.1. The van der Waals surface area contributed by atoms with E-state index >= 15 is 0 Å². The minimum atomic E-state index is -0.459. The Morgan fingerprint density at radius 2 is 1.65 bits per heavy atom. The fourth-order valence-corrected chi connectivity index (χ4v) is 4.25. The Morgan fingerprint density at radius 1 is 1.00 bits per heavy atom. The van der Waals surface area contributed by atoms with Crippen molar-refractivity contribution < 1.29 is 23.5 Å². The van der Waals surface area contributed by atoms with Crippen LogP contribution in [-0.4, -0.2) is 54.0 Å². The van der Waals surface area contributed by atoms with Gasteiger partial charge in [0.1, 0.15) is 17.3 Å². The van der Waals surface area contributed by atoms with Crippen LogP contribution in [0.2, 0.25) is 0 Å².